The molecular formula is C20H23FN2O3. The topological polar surface area (TPSA) is 51.7 Å². The molecule has 0 spiro atoms. The van der Waals surface area contributed by atoms with Crippen LogP contribution in [0.1, 0.15) is 37.0 Å². The Hall–Kier alpha value is -2.63. The van der Waals surface area contributed by atoms with Crippen LogP contribution >= 0.6 is 0 Å². The number of benzene rings is 1. The lowest BCUT2D eigenvalue weighted by atomic mass is 10.1. The summed E-state index contributed by atoms with van der Waals surface area (Å²) in [5.74, 6) is 0.693. The van der Waals surface area contributed by atoms with Crippen LogP contribution in [0.3, 0.4) is 0 Å². The monoisotopic (exact) mass is 358 g/mol. The standard InChI is InChI=1S/C20H23FN2O3/c1-14(2)25-20(24)18-4-3-11-22-19(18)23-12-9-17(10-13-23)26-16-7-5-15(21)6-8-16/h3-8,11,14,17H,9-10,12-13H2,1-2H3. The van der Waals surface area contributed by atoms with Gasteiger partial charge in [-0.2, -0.15) is 0 Å². The van der Waals surface area contributed by atoms with Crippen molar-refractivity contribution in [2.45, 2.75) is 38.9 Å². The van der Waals surface area contributed by atoms with Gasteiger partial charge in [-0.25, -0.2) is 14.2 Å². The highest BCUT2D eigenvalue weighted by Gasteiger charge is 2.25. The van der Waals surface area contributed by atoms with E-state index in [2.05, 4.69) is 9.88 Å². The number of carbonyl (C=O) groups excluding carboxylic acids is 1. The van der Waals surface area contributed by atoms with Gasteiger partial charge in [-0.3, -0.25) is 0 Å². The Labute approximate surface area is 152 Å². The minimum Gasteiger partial charge on any atom is -0.490 e. The van der Waals surface area contributed by atoms with Gasteiger partial charge in [0.05, 0.1) is 6.10 Å². The Kier molecular flexibility index (Phi) is 5.71. The molecule has 0 unspecified atom stereocenters. The highest BCUT2D eigenvalue weighted by molar-refractivity contribution is 5.94. The molecule has 0 amide bonds. The predicted octanol–water partition coefficient (Wildman–Crippen LogP) is 3.83. The summed E-state index contributed by atoms with van der Waals surface area (Å²) < 4.78 is 24.2. The number of rotatable bonds is 5. The SMILES string of the molecule is CC(C)OC(=O)c1cccnc1N1CCC(Oc2ccc(F)cc2)CC1. The molecule has 1 fully saturated rings. The fraction of sp³-hybridized carbons (Fsp3) is 0.400. The molecule has 138 valence electrons. The molecule has 0 saturated carbocycles. The number of anilines is 1. The Balaban J connectivity index is 1.63. The van der Waals surface area contributed by atoms with Crippen LogP contribution in [-0.2, 0) is 4.74 Å². The lowest BCUT2D eigenvalue weighted by Crippen LogP contribution is -2.39. The summed E-state index contributed by atoms with van der Waals surface area (Å²) in [6.07, 6.45) is 3.17. The fourth-order valence-electron chi connectivity index (χ4n) is 2.98. The Morgan fingerprint density at radius 2 is 1.88 bits per heavy atom. The lowest BCUT2D eigenvalue weighted by molar-refractivity contribution is 0.0378. The van der Waals surface area contributed by atoms with Crippen LogP contribution < -0.4 is 9.64 Å². The Morgan fingerprint density at radius 1 is 1.19 bits per heavy atom. The molecule has 5 nitrogen and oxygen atoms in total. The van der Waals surface area contributed by atoms with Crippen LogP contribution in [0.5, 0.6) is 5.75 Å². The molecule has 1 aromatic carbocycles. The van der Waals surface area contributed by atoms with E-state index >= 15 is 0 Å². The number of esters is 1. The number of ether oxygens (including phenoxy) is 2. The Bertz CT molecular complexity index is 741. The highest BCUT2D eigenvalue weighted by atomic mass is 19.1. The van der Waals surface area contributed by atoms with Crippen molar-refractivity contribution in [2.24, 2.45) is 0 Å². The molecule has 0 aliphatic carbocycles. The largest absolute Gasteiger partial charge is 0.490 e. The highest BCUT2D eigenvalue weighted by Crippen LogP contribution is 2.25. The van der Waals surface area contributed by atoms with Gasteiger partial charge in [0.1, 0.15) is 29.1 Å². The maximum Gasteiger partial charge on any atom is 0.342 e. The lowest BCUT2D eigenvalue weighted by Gasteiger charge is -2.33. The number of hydrogen-bond donors (Lipinski definition) is 0. The van der Waals surface area contributed by atoms with Gasteiger partial charge in [0.2, 0.25) is 0 Å². The van der Waals surface area contributed by atoms with E-state index in [1.165, 1.54) is 12.1 Å². The second-order valence-corrected chi connectivity index (χ2v) is 6.59. The van der Waals surface area contributed by atoms with E-state index in [1.54, 1.807) is 30.5 Å². The summed E-state index contributed by atoms with van der Waals surface area (Å²) in [7, 11) is 0. The number of pyridine rings is 1. The van der Waals surface area contributed by atoms with Gasteiger partial charge < -0.3 is 14.4 Å². The summed E-state index contributed by atoms with van der Waals surface area (Å²) in [5, 5.41) is 0. The molecule has 1 aromatic heterocycles. The number of halogens is 1. The normalized spacial score (nSPS) is 15.2. The van der Waals surface area contributed by atoms with Gasteiger partial charge in [-0.15, -0.1) is 0 Å². The second-order valence-electron chi connectivity index (χ2n) is 6.59. The zero-order valence-corrected chi connectivity index (χ0v) is 15.0. The third kappa shape index (κ3) is 4.50. The first kappa shape index (κ1) is 18.2. The first-order chi connectivity index (χ1) is 12.5. The summed E-state index contributed by atoms with van der Waals surface area (Å²) in [6, 6.07) is 9.55. The number of nitrogens with zero attached hydrogens (tertiary/aromatic N) is 2. The molecule has 0 bridgehead atoms. The van der Waals surface area contributed by atoms with Crippen molar-refractivity contribution in [3.8, 4) is 5.75 Å². The summed E-state index contributed by atoms with van der Waals surface area (Å²) in [4.78, 5) is 18.8. The quantitative estimate of drug-likeness (QED) is 0.760. The smallest absolute Gasteiger partial charge is 0.342 e. The van der Waals surface area contributed by atoms with Crippen molar-refractivity contribution in [1.82, 2.24) is 4.98 Å². The van der Waals surface area contributed by atoms with E-state index in [0.717, 1.165) is 25.9 Å². The van der Waals surface area contributed by atoms with Gasteiger partial charge >= 0.3 is 5.97 Å². The first-order valence-corrected chi connectivity index (χ1v) is 8.86. The van der Waals surface area contributed by atoms with E-state index in [1.807, 2.05) is 13.8 Å². The summed E-state index contributed by atoms with van der Waals surface area (Å²) >= 11 is 0. The molecule has 1 aliphatic heterocycles. The molecule has 26 heavy (non-hydrogen) atoms. The van der Waals surface area contributed by atoms with E-state index in [9.17, 15) is 9.18 Å². The molecular weight excluding hydrogens is 335 g/mol. The number of hydrogen-bond acceptors (Lipinski definition) is 5. The van der Waals surface area contributed by atoms with E-state index in [-0.39, 0.29) is 24.0 Å². The van der Waals surface area contributed by atoms with E-state index in [4.69, 9.17) is 9.47 Å². The number of aromatic nitrogens is 1. The summed E-state index contributed by atoms with van der Waals surface area (Å²) in [5.41, 5.74) is 0.485. The van der Waals surface area contributed by atoms with Gasteiger partial charge in [-0.1, -0.05) is 0 Å². The van der Waals surface area contributed by atoms with Gasteiger partial charge in [0.25, 0.3) is 0 Å². The first-order valence-electron chi connectivity index (χ1n) is 8.86. The molecule has 0 radical (unpaired) electrons. The van der Waals surface area contributed by atoms with Crippen LogP contribution in [0, 0.1) is 5.82 Å². The zero-order chi connectivity index (χ0) is 18.5. The predicted molar refractivity (Wildman–Crippen MR) is 97.1 cm³/mol. The maximum atomic E-state index is 13.0. The van der Waals surface area contributed by atoms with Gasteiger partial charge in [0.15, 0.2) is 0 Å². The fourth-order valence-corrected chi connectivity index (χ4v) is 2.98. The average Bonchev–Trinajstić information content (AvgIpc) is 2.64. The zero-order valence-electron chi connectivity index (χ0n) is 15.0. The van der Waals surface area contributed by atoms with Crippen molar-refractivity contribution in [3.63, 3.8) is 0 Å². The van der Waals surface area contributed by atoms with E-state index < -0.39 is 0 Å². The molecule has 6 heteroatoms. The molecule has 1 aliphatic rings. The van der Waals surface area contributed by atoms with Crippen molar-refractivity contribution in [1.29, 1.82) is 0 Å². The van der Waals surface area contributed by atoms with Crippen molar-refractivity contribution in [2.75, 3.05) is 18.0 Å². The van der Waals surface area contributed by atoms with Crippen LogP contribution in [0.4, 0.5) is 10.2 Å². The van der Waals surface area contributed by atoms with Crippen molar-refractivity contribution in [3.05, 3.63) is 54.0 Å². The number of piperidine rings is 1. The average molecular weight is 358 g/mol. The van der Waals surface area contributed by atoms with Crippen LogP contribution in [-0.4, -0.2) is 36.3 Å². The summed E-state index contributed by atoms with van der Waals surface area (Å²) in [6.45, 7) is 5.11. The number of carbonyl (C=O) groups is 1. The van der Waals surface area contributed by atoms with Crippen LogP contribution in [0.15, 0.2) is 42.6 Å². The molecule has 2 heterocycles. The molecule has 0 atom stereocenters. The third-order valence-electron chi connectivity index (χ3n) is 4.21. The van der Waals surface area contributed by atoms with Crippen LogP contribution in [0.2, 0.25) is 0 Å². The Morgan fingerprint density at radius 3 is 2.54 bits per heavy atom. The molecule has 1 saturated heterocycles. The molecule has 0 N–H and O–H groups in total. The molecule has 2 aromatic rings. The van der Waals surface area contributed by atoms with Gasteiger partial charge in [0, 0.05) is 32.1 Å². The van der Waals surface area contributed by atoms with Crippen molar-refractivity contribution < 1.29 is 18.7 Å². The van der Waals surface area contributed by atoms with Gasteiger partial charge in [-0.05, 0) is 50.2 Å². The van der Waals surface area contributed by atoms with E-state index in [0.29, 0.717) is 17.1 Å². The maximum absolute atomic E-state index is 13.0. The minimum atomic E-state index is -0.354. The molecule has 3 rings (SSSR count). The van der Waals surface area contributed by atoms with Crippen LogP contribution in [0.25, 0.3) is 0 Å². The van der Waals surface area contributed by atoms with Crippen molar-refractivity contribution >= 4 is 11.8 Å². The second kappa shape index (κ2) is 8.17. The minimum absolute atomic E-state index is 0.0616. The third-order valence-corrected chi connectivity index (χ3v) is 4.21.